The van der Waals surface area contributed by atoms with Crippen LogP contribution in [0.3, 0.4) is 0 Å². The maximum absolute atomic E-state index is 12.2. The minimum Gasteiger partial charge on any atom is -0.492 e. The summed E-state index contributed by atoms with van der Waals surface area (Å²) in [7, 11) is 0. The van der Waals surface area contributed by atoms with Gasteiger partial charge in [0.15, 0.2) is 6.54 Å². The number of rotatable bonds is 9. The van der Waals surface area contributed by atoms with Crippen molar-refractivity contribution in [2.75, 3.05) is 57.4 Å². The standard InChI is InChI=1S/C23H31N3O3/c1-3-28-22-10-5-4-9-21(22)26-14-12-25(13-15-26)18-23(27)24-11-16-29-20-8-6-7-19(2)17-20/h4-10,17H,3,11-16,18H2,1-2H3,(H,24,27)/p+1. The van der Waals surface area contributed by atoms with Crippen molar-refractivity contribution in [3.05, 3.63) is 54.1 Å². The van der Waals surface area contributed by atoms with Gasteiger partial charge in [-0.2, -0.15) is 0 Å². The van der Waals surface area contributed by atoms with E-state index in [1.807, 2.05) is 56.3 Å². The smallest absolute Gasteiger partial charge is 0.275 e. The molecule has 6 nitrogen and oxygen atoms in total. The second-order valence-electron chi connectivity index (χ2n) is 7.33. The quantitative estimate of drug-likeness (QED) is 0.625. The van der Waals surface area contributed by atoms with Gasteiger partial charge in [0, 0.05) is 0 Å². The molecule has 0 saturated carbocycles. The molecule has 2 N–H and O–H groups in total. The van der Waals surface area contributed by atoms with Crippen LogP contribution in [0.2, 0.25) is 0 Å². The molecule has 1 amide bonds. The number of anilines is 1. The zero-order chi connectivity index (χ0) is 20.5. The van der Waals surface area contributed by atoms with Crippen molar-refractivity contribution < 1.29 is 19.2 Å². The molecule has 1 saturated heterocycles. The molecule has 1 aliphatic rings. The van der Waals surface area contributed by atoms with Gasteiger partial charge in [-0.25, -0.2) is 0 Å². The van der Waals surface area contributed by atoms with Crippen molar-refractivity contribution >= 4 is 11.6 Å². The van der Waals surface area contributed by atoms with E-state index >= 15 is 0 Å². The number of carbonyl (C=O) groups is 1. The number of benzene rings is 2. The summed E-state index contributed by atoms with van der Waals surface area (Å²) in [4.78, 5) is 15.9. The van der Waals surface area contributed by atoms with E-state index in [2.05, 4.69) is 16.3 Å². The number of hydrogen-bond donors (Lipinski definition) is 2. The molecule has 2 aromatic carbocycles. The van der Waals surface area contributed by atoms with Crippen LogP contribution < -0.4 is 24.6 Å². The van der Waals surface area contributed by atoms with E-state index in [4.69, 9.17) is 9.47 Å². The first-order valence-electron chi connectivity index (χ1n) is 10.4. The highest BCUT2D eigenvalue weighted by atomic mass is 16.5. The predicted molar refractivity (Wildman–Crippen MR) is 115 cm³/mol. The van der Waals surface area contributed by atoms with Gasteiger partial charge in [0.05, 0.1) is 45.0 Å². The van der Waals surface area contributed by atoms with E-state index in [1.165, 1.54) is 4.90 Å². The van der Waals surface area contributed by atoms with Gasteiger partial charge in [-0.1, -0.05) is 24.3 Å². The van der Waals surface area contributed by atoms with Crippen LogP contribution in [0.5, 0.6) is 11.5 Å². The molecule has 156 valence electrons. The Morgan fingerprint density at radius 1 is 1.10 bits per heavy atom. The minimum absolute atomic E-state index is 0.0796. The lowest BCUT2D eigenvalue weighted by Gasteiger charge is -2.34. The van der Waals surface area contributed by atoms with E-state index in [0.29, 0.717) is 26.3 Å². The SMILES string of the molecule is CCOc1ccccc1N1CC[NH+](CC(=O)NCCOc2cccc(C)c2)CC1. The Labute approximate surface area is 173 Å². The van der Waals surface area contributed by atoms with Crippen LogP contribution in [0.25, 0.3) is 0 Å². The van der Waals surface area contributed by atoms with E-state index in [9.17, 15) is 4.79 Å². The van der Waals surface area contributed by atoms with Crippen LogP contribution in [-0.4, -0.2) is 58.4 Å². The Hall–Kier alpha value is -2.73. The van der Waals surface area contributed by atoms with Crippen molar-refractivity contribution in [2.45, 2.75) is 13.8 Å². The van der Waals surface area contributed by atoms with Crippen LogP contribution in [0.1, 0.15) is 12.5 Å². The molecule has 3 rings (SSSR count). The van der Waals surface area contributed by atoms with Crippen molar-refractivity contribution in [1.29, 1.82) is 0 Å². The largest absolute Gasteiger partial charge is 0.492 e. The van der Waals surface area contributed by atoms with E-state index in [-0.39, 0.29) is 5.91 Å². The fraction of sp³-hybridized carbons (Fsp3) is 0.435. The van der Waals surface area contributed by atoms with E-state index in [0.717, 1.165) is 48.9 Å². The summed E-state index contributed by atoms with van der Waals surface area (Å²) in [6.07, 6.45) is 0. The average Bonchev–Trinajstić information content (AvgIpc) is 2.73. The summed E-state index contributed by atoms with van der Waals surface area (Å²) < 4.78 is 11.4. The normalized spacial score (nSPS) is 14.5. The Morgan fingerprint density at radius 3 is 2.66 bits per heavy atom. The van der Waals surface area contributed by atoms with Gasteiger partial charge < -0.3 is 24.6 Å². The number of nitrogens with one attached hydrogen (secondary N) is 2. The second kappa shape index (κ2) is 10.7. The third-order valence-corrected chi connectivity index (χ3v) is 5.07. The van der Waals surface area contributed by atoms with Gasteiger partial charge in [0.2, 0.25) is 0 Å². The molecule has 0 atom stereocenters. The highest BCUT2D eigenvalue weighted by Gasteiger charge is 2.23. The zero-order valence-corrected chi connectivity index (χ0v) is 17.4. The van der Waals surface area contributed by atoms with Crippen LogP contribution in [-0.2, 0) is 4.79 Å². The summed E-state index contributed by atoms with van der Waals surface area (Å²) in [5.41, 5.74) is 2.31. The Kier molecular flexibility index (Phi) is 7.76. The van der Waals surface area contributed by atoms with Crippen LogP contribution >= 0.6 is 0 Å². The van der Waals surface area contributed by atoms with Crippen LogP contribution in [0.15, 0.2) is 48.5 Å². The summed E-state index contributed by atoms with van der Waals surface area (Å²) in [6.45, 7) is 9.92. The molecule has 29 heavy (non-hydrogen) atoms. The molecule has 2 aromatic rings. The number of nitrogens with zero attached hydrogens (tertiary/aromatic N) is 1. The number of hydrogen-bond acceptors (Lipinski definition) is 4. The molecule has 0 spiro atoms. The molecule has 0 aromatic heterocycles. The number of aryl methyl sites for hydroxylation is 1. The number of para-hydroxylation sites is 2. The highest BCUT2D eigenvalue weighted by Crippen LogP contribution is 2.27. The van der Waals surface area contributed by atoms with Gasteiger partial charge in [0.1, 0.15) is 18.1 Å². The van der Waals surface area contributed by atoms with E-state index in [1.54, 1.807) is 0 Å². The molecule has 0 unspecified atom stereocenters. The molecular weight excluding hydrogens is 366 g/mol. The summed E-state index contributed by atoms with van der Waals surface area (Å²) in [6, 6.07) is 16.1. The number of quaternary nitrogens is 1. The molecule has 6 heteroatoms. The van der Waals surface area contributed by atoms with Gasteiger partial charge in [-0.3, -0.25) is 4.79 Å². The molecule has 0 radical (unpaired) electrons. The molecule has 1 fully saturated rings. The fourth-order valence-corrected chi connectivity index (χ4v) is 3.59. The van der Waals surface area contributed by atoms with Crippen molar-refractivity contribution in [1.82, 2.24) is 5.32 Å². The highest BCUT2D eigenvalue weighted by molar-refractivity contribution is 5.76. The number of ether oxygens (including phenoxy) is 2. The minimum atomic E-state index is 0.0796. The molecular formula is C23H32N3O3+. The first-order valence-corrected chi connectivity index (χ1v) is 10.4. The van der Waals surface area contributed by atoms with Gasteiger partial charge in [-0.15, -0.1) is 0 Å². The number of amides is 1. The zero-order valence-electron chi connectivity index (χ0n) is 17.4. The maximum Gasteiger partial charge on any atom is 0.275 e. The van der Waals surface area contributed by atoms with Crippen molar-refractivity contribution in [3.63, 3.8) is 0 Å². The van der Waals surface area contributed by atoms with Gasteiger partial charge in [-0.05, 0) is 43.7 Å². The van der Waals surface area contributed by atoms with Gasteiger partial charge >= 0.3 is 0 Å². The fourth-order valence-electron chi connectivity index (χ4n) is 3.59. The average molecular weight is 399 g/mol. The number of piperazine rings is 1. The third kappa shape index (κ3) is 6.39. The Morgan fingerprint density at radius 2 is 1.90 bits per heavy atom. The molecule has 0 aliphatic carbocycles. The topological polar surface area (TPSA) is 55.2 Å². The Bertz CT molecular complexity index is 788. The second-order valence-corrected chi connectivity index (χ2v) is 7.33. The molecule has 1 heterocycles. The lowest BCUT2D eigenvalue weighted by molar-refractivity contribution is -0.892. The van der Waals surface area contributed by atoms with Crippen molar-refractivity contribution in [2.24, 2.45) is 0 Å². The van der Waals surface area contributed by atoms with Gasteiger partial charge in [0.25, 0.3) is 5.91 Å². The third-order valence-electron chi connectivity index (χ3n) is 5.07. The monoisotopic (exact) mass is 398 g/mol. The maximum atomic E-state index is 12.2. The number of carbonyl (C=O) groups excluding carboxylic acids is 1. The first kappa shape index (κ1) is 21.0. The van der Waals surface area contributed by atoms with Crippen LogP contribution in [0.4, 0.5) is 5.69 Å². The van der Waals surface area contributed by atoms with Crippen molar-refractivity contribution in [3.8, 4) is 11.5 Å². The summed E-state index contributed by atoms with van der Waals surface area (Å²) in [5.74, 6) is 1.86. The predicted octanol–water partition coefficient (Wildman–Crippen LogP) is 1.29. The van der Waals surface area contributed by atoms with Crippen LogP contribution in [0, 0.1) is 6.92 Å². The summed E-state index contributed by atoms with van der Waals surface area (Å²) in [5, 5.41) is 2.97. The summed E-state index contributed by atoms with van der Waals surface area (Å²) >= 11 is 0. The lowest BCUT2D eigenvalue weighted by Crippen LogP contribution is -3.16. The molecule has 1 aliphatic heterocycles. The van der Waals surface area contributed by atoms with E-state index < -0.39 is 0 Å². The first-order chi connectivity index (χ1) is 14.2. The Balaban J connectivity index is 1.36. The molecule has 0 bridgehead atoms. The lowest BCUT2D eigenvalue weighted by atomic mass is 10.2.